The van der Waals surface area contributed by atoms with Crippen LogP contribution in [0.4, 0.5) is 5.69 Å². The second-order valence-corrected chi connectivity index (χ2v) is 11.8. The molecule has 4 rings (SSSR count). The molecule has 34 heavy (non-hydrogen) atoms. The Balaban J connectivity index is 1.42. The van der Waals surface area contributed by atoms with Crippen LogP contribution in [-0.2, 0) is 14.8 Å². The van der Waals surface area contributed by atoms with Crippen molar-refractivity contribution in [3.05, 3.63) is 59.2 Å². The third kappa shape index (κ3) is 5.40. The van der Waals surface area contributed by atoms with E-state index < -0.39 is 10.0 Å². The quantitative estimate of drug-likeness (QED) is 0.587. The normalized spacial score (nSPS) is 19.2. The molecule has 6 nitrogen and oxygen atoms in total. The summed E-state index contributed by atoms with van der Waals surface area (Å²) in [5.41, 5.74) is 3.49. The smallest absolute Gasteiger partial charge is 0.232 e. The number of fused-ring (bicyclic) bond motifs is 1. The highest BCUT2D eigenvalue weighted by Crippen LogP contribution is 2.46. The predicted octanol–water partition coefficient (Wildman–Crippen LogP) is 5.19. The van der Waals surface area contributed by atoms with E-state index in [4.69, 9.17) is 4.74 Å². The zero-order valence-corrected chi connectivity index (χ0v) is 21.3. The first-order valence-corrected chi connectivity index (χ1v) is 14.1. The Hall–Kier alpha value is -2.54. The van der Waals surface area contributed by atoms with Crippen LogP contribution >= 0.6 is 0 Å². The molecule has 1 aliphatic heterocycles. The first-order chi connectivity index (χ1) is 16.2. The van der Waals surface area contributed by atoms with Gasteiger partial charge in [-0.25, -0.2) is 8.42 Å². The molecule has 2 aliphatic rings. The van der Waals surface area contributed by atoms with Gasteiger partial charge in [-0.2, -0.15) is 0 Å². The molecular weight excluding hydrogens is 448 g/mol. The van der Waals surface area contributed by atoms with Gasteiger partial charge in [-0.3, -0.25) is 9.10 Å². The highest BCUT2D eigenvalue weighted by Gasteiger charge is 2.42. The topological polar surface area (TPSA) is 75.7 Å². The lowest BCUT2D eigenvalue weighted by Gasteiger charge is -2.44. The van der Waals surface area contributed by atoms with Crippen LogP contribution in [0.5, 0.6) is 5.75 Å². The number of nitrogens with zero attached hydrogens (tertiary/aromatic N) is 1. The van der Waals surface area contributed by atoms with Crippen molar-refractivity contribution < 1.29 is 17.9 Å². The van der Waals surface area contributed by atoms with E-state index in [0.717, 1.165) is 54.5 Å². The molecule has 2 aromatic rings. The number of carbonyl (C=O) groups excluding carboxylic acids is 1. The number of amides is 1. The number of carbonyl (C=O) groups is 1. The lowest BCUT2D eigenvalue weighted by atomic mass is 9.77. The summed E-state index contributed by atoms with van der Waals surface area (Å²) in [6.45, 7) is 4.17. The first-order valence-electron chi connectivity index (χ1n) is 12.3. The van der Waals surface area contributed by atoms with Crippen molar-refractivity contribution in [1.29, 1.82) is 0 Å². The maximum absolute atomic E-state index is 13.0. The van der Waals surface area contributed by atoms with E-state index in [2.05, 4.69) is 5.32 Å². The molecular formula is C27H36N2O4S. The summed E-state index contributed by atoms with van der Waals surface area (Å²) < 4.78 is 32.9. The Morgan fingerprint density at radius 3 is 2.56 bits per heavy atom. The van der Waals surface area contributed by atoms with Gasteiger partial charge < -0.3 is 10.1 Å². The number of para-hydroxylation sites is 1. The maximum Gasteiger partial charge on any atom is 0.232 e. The molecule has 1 fully saturated rings. The summed E-state index contributed by atoms with van der Waals surface area (Å²) in [4.78, 5) is 13.0. The zero-order valence-electron chi connectivity index (χ0n) is 20.5. The third-order valence-corrected chi connectivity index (χ3v) is 8.49. The van der Waals surface area contributed by atoms with Gasteiger partial charge in [-0.15, -0.1) is 0 Å². The number of anilines is 1. The minimum Gasteiger partial charge on any atom is -0.487 e. The first kappa shape index (κ1) is 24.6. The molecule has 1 saturated carbocycles. The summed E-state index contributed by atoms with van der Waals surface area (Å²) in [5, 5.41) is 3.23. The number of aryl methyl sites for hydroxylation is 1. The Morgan fingerprint density at radius 2 is 1.82 bits per heavy atom. The Bertz CT molecular complexity index is 1140. The molecule has 1 N–H and O–H groups in total. The van der Waals surface area contributed by atoms with Crippen LogP contribution in [0, 0.1) is 13.8 Å². The van der Waals surface area contributed by atoms with Gasteiger partial charge in [0.2, 0.25) is 15.9 Å². The zero-order chi connectivity index (χ0) is 24.3. The molecule has 1 heterocycles. The van der Waals surface area contributed by atoms with E-state index in [0.29, 0.717) is 12.1 Å². The molecule has 1 aliphatic carbocycles. The van der Waals surface area contributed by atoms with Crippen molar-refractivity contribution >= 4 is 21.6 Å². The van der Waals surface area contributed by atoms with Crippen LogP contribution < -0.4 is 14.4 Å². The SMILES string of the molecule is Cc1cccc(N(CCCC(=O)N[C@@H]2CC3(CCCCC3)Oc3ccccc32)S(C)(=O)=O)c1C. The number of benzene rings is 2. The molecule has 0 unspecified atom stereocenters. The summed E-state index contributed by atoms with van der Waals surface area (Å²) in [6, 6.07) is 13.6. The summed E-state index contributed by atoms with van der Waals surface area (Å²) in [7, 11) is -3.46. The molecule has 2 aromatic carbocycles. The summed E-state index contributed by atoms with van der Waals surface area (Å²) >= 11 is 0. The molecule has 0 radical (unpaired) electrons. The van der Waals surface area contributed by atoms with Gasteiger partial charge in [0, 0.05) is 24.9 Å². The fourth-order valence-corrected chi connectivity index (χ4v) is 6.39. The molecule has 7 heteroatoms. The van der Waals surface area contributed by atoms with Gasteiger partial charge in [0.05, 0.1) is 18.0 Å². The molecule has 1 spiro atoms. The monoisotopic (exact) mass is 484 g/mol. The van der Waals surface area contributed by atoms with Crippen LogP contribution in [0.15, 0.2) is 42.5 Å². The number of nitrogens with one attached hydrogen (secondary N) is 1. The van der Waals surface area contributed by atoms with Crippen LogP contribution in [0.3, 0.4) is 0 Å². The maximum atomic E-state index is 13.0. The average molecular weight is 485 g/mol. The minimum atomic E-state index is -3.46. The second kappa shape index (κ2) is 9.98. The fourth-order valence-electron chi connectivity index (χ4n) is 5.37. The molecule has 1 amide bonds. The molecule has 0 aromatic heterocycles. The largest absolute Gasteiger partial charge is 0.487 e. The van der Waals surface area contributed by atoms with Gasteiger partial charge >= 0.3 is 0 Å². The highest BCUT2D eigenvalue weighted by atomic mass is 32.2. The van der Waals surface area contributed by atoms with E-state index in [9.17, 15) is 13.2 Å². The van der Waals surface area contributed by atoms with Crippen LogP contribution in [0.2, 0.25) is 0 Å². The number of sulfonamides is 1. The molecule has 0 bridgehead atoms. The van der Waals surface area contributed by atoms with E-state index in [-0.39, 0.29) is 30.5 Å². The number of hydrogen-bond donors (Lipinski definition) is 1. The number of rotatable bonds is 7. The number of ether oxygens (including phenoxy) is 1. The lowest BCUT2D eigenvalue weighted by molar-refractivity contribution is -0.122. The van der Waals surface area contributed by atoms with Crippen molar-refractivity contribution in [2.75, 3.05) is 17.1 Å². The van der Waals surface area contributed by atoms with Crippen molar-refractivity contribution in [3.8, 4) is 5.75 Å². The van der Waals surface area contributed by atoms with Crippen molar-refractivity contribution in [1.82, 2.24) is 5.32 Å². The van der Waals surface area contributed by atoms with Crippen LogP contribution in [0.25, 0.3) is 0 Å². The average Bonchev–Trinajstić information content (AvgIpc) is 2.79. The van der Waals surface area contributed by atoms with Crippen LogP contribution in [0.1, 0.15) is 74.1 Å². The third-order valence-electron chi connectivity index (χ3n) is 7.31. The standard InChI is InChI=1S/C27H36N2O4S/c1-20-11-9-13-24(21(20)2)29(34(3,31)32)18-10-15-26(30)28-23-19-27(16-7-4-8-17-27)33-25-14-6-5-12-22(23)25/h5-6,9,11-14,23H,4,7-8,10,15-19H2,1-3H3,(H,28,30)/t23-/m1/s1. The van der Waals surface area contributed by atoms with E-state index >= 15 is 0 Å². The highest BCUT2D eigenvalue weighted by molar-refractivity contribution is 7.92. The lowest BCUT2D eigenvalue weighted by Crippen LogP contribution is -2.46. The van der Waals surface area contributed by atoms with E-state index in [1.165, 1.54) is 17.0 Å². The summed E-state index contributed by atoms with van der Waals surface area (Å²) in [6.07, 6.45) is 8.31. The van der Waals surface area contributed by atoms with Gasteiger partial charge in [-0.1, -0.05) is 36.8 Å². The van der Waals surface area contributed by atoms with Crippen molar-refractivity contribution in [2.45, 2.75) is 76.9 Å². The van der Waals surface area contributed by atoms with Gasteiger partial charge in [0.15, 0.2) is 0 Å². The number of hydrogen-bond acceptors (Lipinski definition) is 4. The Labute approximate surface area is 203 Å². The van der Waals surface area contributed by atoms with Gasteiger partial charge in [0.1, 0.15) is 11.4 Å². The Morgan fingerprint density at radius 1 is 1.09 bits per heavy atom. The van der Waals surface area contributed by atoms with Crippen molar-refractivity contribution in [3.63, 3.8) is 0 Å². The van der Waals surface area contributed by atoms with Gasteiger partial charge in [0.25, 0.3) is 0 Å². The van der Waals surface area contributed by atoms with Gasteiger partial charge in [-0.05, 0) is 69.2 Å². The molecule has 1 atom stereocenters. The van der Waals surface area contributed by atoms with Crippen LogP contribution in [-0.4, -0.2) is 32.7 Å². The molecule has 0 saturated heterocycles. The Kier molecular flexibility index (Phi) is 7.22. The second-order valence-electron chi connectivity index (χ2n) is 9.87. The van der Waals surface area contributed by atoms with E-state index in [1.807, 2.05) is 56.3 Å². The van der Waals surface area contributed by atoms with Crippen molar-refractivity contribution in [2.24, 2.45) is 0 Å². The predicted molar refractivity (Wildman–Crippen MR) is 136 cm³/mol. The van der Waals surface area contributed by atoms with E-state index in [1.54, 1.807) is 0 Å². The molecule has 184 valence electrons. The summed E-state index contributed by atoms with van der Waals surface area (Å²) in [5.74, 6) is 0.821. The fraction of sp³-hybridized carbons (Fsp3) is 0.519. The minimum absolute atomic E-state index is 0.0536.